The fourth-order valence-electron chi connectivity index (χ4n) is 1.89. The summed E-state index contributed by atoms with van der Waals surface area (Å²) in [5.41, 5.74) is 0.822. The lowest BCUT2D eigenvalue weighted by atomic mass is 10.0. The molecule has 2 N–H and O–H groups in total. The number of aromatic hydroxyl groups is 2. The molecule has 0 saturated heterocycles. The van der Waals surface area contributed by atoms with Gasteiger partial charge in [0.25, 0.3) is 0 Å². The highest BCUT2D eigenvalue weighted by atomic mass is 35.5. The van der Waals surface area contributed by atoms with E-state index in [1.54, 1.807) is 6.07 Å². The Bertz CT molecular complexity index is 350. The maximum Gasteiger partial charge on any atom is 0.137 e. The summed E-state index contributed by atoms with van der Waals surface area (Å²) in [5.74, 6) is 0.0799. The Hall–Kier alpha value is -0.890. The van der Waals surface area contributed by atoms with E-state index >= 15 is 0 Å². The molecule has 0 saturated carbocycles. The van der Waals surface area contributed by atoms with Crippen LogP contribution in [0.4, 0.5) is 0 Å². The van der Waals surface area contributed by atoms with Crippen molar-refractivity contribution >= 4 is 11.6 Å². The molecule has 0 aromatic heterocycles. The van der Waals surface area contributed by atoms with Crippen LogP contribution in [0.1, 0.15) is 51.0 Å². The minimum absolute atomic E-state index is 0.0594. The van der Waals surface area contributed by atoms with Crippen molar-refractivity contribution in [1.29, 1.82) is 0 Å². The molecule has 0 aliphatic rings. The van der Waals surface area contributed by atoms with Crippen molar-refractivity contribution in [2.45, 2.75) is 51.9 Å². The van der Waals surface area contributed by atoms with E-state index in [1.807, 2.05) is 0 Å². The average molecular weight is 257 g/mol. The minimum atomic E-state index is -0.0594. The Morgan fingerprint density at radius 3 is 2.29 bits per heavy atom. The Morgan fingerprint density at radius 1 is 0.941 bits per heavy atom. The van der Waals surface area contributed by atoms with Gasteiger partial charge < -0.3 is 10.2 Å². The lowest BCUT2D eigenvalue weighted by Crippen LogP contribution is -1.88. The predicted octanol–water partition coefficient (Wildman–Crippen LogP) is 4.65. The highest BCUT2D eigenvalue weighted by Crippen LogP contribution is 2.31. The normalized spacial score (nSPS) is 10.7. The number of unbranched alkanes of at least 4 members (excludes halogenated alkanes) is 5. The minimum Gasteiger partial charge on any atom is -0.508 e. The molecular formula is C14H21ClO2. The summed E-state index contributed by atoms with van der Waals surface area (Å²) < 4.78 is 0. The molecule has 0 bridgehead atoms. The van der Waals surface area contributed by atoms with Crippen LogP contribution in [0.15, 0.2) is 12.1 Å². The summed E-state index contributed by atoms with van der Waals surface area (Å²) in [5, 5.41) is 19.2. The number of phenols is 2. The third-order valence-corrected chi connectivity index (χ3v) is 3.25. The van der Waals surface area contributed by atoms with E-state index in [9.17, 15) is 10.2 Å². The van der Waals surface area contributed by atoms with E-state index in [1.165, 1.54) is 38.2 Å². The van der Waals surface area contributed by atoms with E-state index in [-0.39, 0.29) is 11.5 Å². The third-order valence-electron chi connectivity index (χ3n) is 2.95. The second-order valence-corrected chi connectivity index (χ2v) is 4.86. The number of aryl methyl sites for hydroxylation is 1. The molecule has 0 radical (unpaired) electrons. The van der Waals surface area contributed by atoms with Crippen LogP contribution >= 0.6 is 11.6 Å². The molecular weight excluding hydrogens is 236 g/mol. The second kappa shape index (κ2) is 7.44. The summed E-state index contributed by atoms with van der Waals surface area (Å²) in [6.45, 7) is 2.20. The largest absolute Gasteiger partial charge is 0.508 e. The molecule has 3 heteroatoms. The van der Waals surface area contributed by atoms with Crippen molar-refractivity contribution in [3.8, 4) is 11.5 Å². The zero-order chi connectivity index (χ0) is 12.7. The molecule has 0 aliphatic carbocycles. The number of benzene rings is 1. The Labute approximate surface area is 108 Å². The monoisotopic (exact) mass is 256 g/mol. The van der Waals surface area contributed by atoms with Crippen LogP contribution in [0.2, 0.25) is 5.02 Å². The molecule has 1 rings (SSSR count). The summed E-state index contributed by atoms with van der Waals surface area (Å²) in [7, 11) is 0. The smallest absolute Gasteiger partial charge is 0.137 e. The fraction of sp³-hybridized carbons (Fsp3) is 0.571. The number of phenolic OH excluding ortho intramolecular Hbond substituents is 2. The zero-order valence-electron chi connectivity index (χ0n) is 10.4. The van der Waals surface area contributed by atoms with Gasteiger partial charge in [0.05, 0.1) is 5.02 Å². The van der Waals surface area contributed by atoms with E-state index in [4.69, 9.17) is 11.6 Å². The van der Waals surface area contributed by atoms with Crippen LogP contribution in [0.3, 0.4) is 0 Å². The molecule has 0 unspecified atom stereocenters. The summed E-state index contributed by atoms with van der Waals surface area (Å²) in [6.07, 6.45) is 8.15. The molecule has 1 aromatic rings. The molecule has 17 heavy (non-hydrogen) atoms. The van der Waals surface area contributed by atoms with Gasteiger partial charge in [-0.3, -0.25) is 0 Å². The van der Waals surface area contributed by atoms with Gasteiger partial charge in [-0.1, -0.05) is 50.6 Å². The molecule has 0 heterocycles. The quantitative estimate of drug-likeness (QED) is 0.697. The molecule has 0 atom stereocenters. The molecule has 0 fully saturated rings. The van der Waals surface area contributed by atoms with Crippen molar-refractivity contribution in [3.63, 3.8) is 0 Å². The maximum absolute atomic E-state index is 9.64. The zero-order valence-corrected chi connectivity index (χ0v) is 11.1. The SMILES string of the molecule is CCCCCCCCc1cc(Cl)c(O)cc1O. The highest BCUT2D eigenvalue weighted by Gasteiger charge is 2.06. The first kappa shape index (κ1) is 14.2. The average Bonchev–Trinajstić information content (AvgIpc) is 2.30. The van der Waals surface area contributed by atoms with Crippen molar-refractivity contribution in [2.24, 2.45) is 0 Å². The first-order valence-corrected chi connectivity index (χ1v) is 6.73. The lowest BCUT2D eigenvalue weighted by Gasteiger charge is -2.06. The molecule has 96 valence electrons. The Kier molecular flexibility index (Phi) is 6.20. The van der Waals surface area contributed by atoms with Crippen LogP contribution in [-0.4, -0.2) is 10.2 Å². The van der Waals surface area contributed by atoms with Gasteiger partial charge >= 0.3 is 0 Å². The standard InChI is InChI=1S/C14H21ClO2/c1-2-3-4-5-6-7-8-11-9-12(15)14(17)10-13(11)16/h9-10,16-17H,2-8H2,1H3. The van der Waals surface area contributed by atoms with Crippen molar-refractivity contribution < 1.29 is 10.2 Å². The summed E-state index contributed by atoms with van der Waals surface area (Å²) >= 11 is 5.81. The number of hydrogen-bond donors (Lipinski definition) is 2. The third kappa shape index (κ3) is 4.86. The number of hydrogen-bond acceptors (Lipinski definition) is 2. The summed E-state index contributed by atoms with van der Waals surface area (Å²) in [6, 6.07) is 2.97. The van der Waals surface area contributed by atoms with Gasteiger partial charge in [0.2, 0.25) is 0 Å². The van der Waals surface area contributed by atoms with Gasteiger partial charge in [0.1, 0.15) is 11.5 Å². The van der Waals surface area contributed by atoms with Crippen molar-refractivity contribution in [3.05, 3.63) is 22.7 Å². The van der Waals surface area contributed by atoms with Crippen LogP contribution in [0, 0.1) is 0 Å². The molecule has 1 aromatic carbocycles. The second-order valence-electron chi connectivity index (χ2n) is 4.45. The Balaban J connectivity index is 2.34. The van der Waals surface area contributed by atoms with E-state index < -0.39 is 0 Å². The first-order valence-electron chi connectivity index (χ1n) is 6.35. The van der Waals surface area contributed by atoms with Crippen LogP contribution in [-0.2, 0) is 6.42 Å². The predicted molar refractivity (Wildman–Crippen MR) is 71.9 cm³/mol. The van der Waals surface area contributed by atoms with Crippen LogP contribution in [0.5, 0.6) is 11.5 Å². The molecule has 0 spiro atoms. The molecule has 2 nitrogen and oxygen atoms in total. The van der Waals surface area contributed by atoms with Gasteiger partial charge in [-0.05, 0) is 24.5 Å². The van der Waals surface area contributed by atoms with Gasteiger partial charge in [0.15, 0.2) is 0 Å². The van der Waals surface area contributed by atoms with Crippen LogP contribution < -0.4 is 0 Å². The molecule has 0 amide bonds. The lowest BCUT2D eigenvalue weighted by molar-refractivity contribution is 0.445. The van der Waals surface area contributed by atoms with Gasteiger partial charge in [-0.15, -0.1) is 0 Å². The highest BCUT2D eigenvalue weighted by molar-refractivity contribution is 6.32. The number of rotatable bonds is 7. The van der Waals surface area contributed by atoms with Crippen LogP contribution in [0.25, 0.3) is 0 Å². The van der Waals surface area contributed by atoms with Gasteiger partial charge in [-0.25, -0.2) is 0 Å². The number of halogens is 1. The van der Waals surface area contributed by atoms with Gasteiger partial charge in [-0.2, -0.15) is 0 Å². The maximum atomic E-state index is 9.64. The van der Waals surface area contributed by atoms with E-state index in [0.717, 1.165) is 18.4 Å². The van der Waals surface area contributed by atoms with E-state index in [2.05, 4.69) is 6.92 Å². The van der Waals surface area contributed by atoms with Crippen molar-refractivity contribution in [1.82, 2.24) is 0 Å². The topological polar surface area (TPSA) is 40.5 Å². The van der Waals surface area contributed by atoms with E-state index in [0.29, 0.717) is 5.02 Å². The summed E-state index contributed by atoms with van der Waals surface area (Å²) in [4.78, 5) is 0. The van der Waals surface area contributed by atoms with Crippen molar-refractivity contribution in [2.75, 3.05) is 0 Å². The van der Waals surface area contributed by atoms with Gasteiger partial charge in [0, 0.05) is 6.07 Å². The fourth-order valence-corrected chi connectivity index (χ4v) is 2.07. The first-order chi connectivity index (χ1) is 8.15. The Morgan fingerprint density at radius 2 is 1.59 bits per heavy atom. The molecule has 0 aliphatic heterocycles.